The van der Waals surface area contributed by atoms with E-state index < -0.39 is 24.2 Å². The van der Waals surface area contributed by atoms with Gasteiger partial charge in [0.25, 0.3) is 5.91 Å². The number of hydrazine groups is 1. The van der Waals surface area contributed by atoms with Crippen molar-refractivity contribution in [2.75, 3.05) is 7.11 Å². The molecule has 2 N–H and O–H groups in total. The molecule has 0 aliphatic heterocycles. The van der Waals surface area contributed by atoms with Gasteiger partial charge in [0, 0.05) is 10.6 Å². The maximum atomic E-state index is 11.5. The molecular weight excluding hydrogens is 260 g/mol. The number of benzene rings is 1. The van der Waals surface area contributed by atoms with E-state index in [1.807, 2.05) is 0 Å². The summed E-state index contributed by atoms with van der Waals surface area (Å²) in [6.45, 7) is 0. The van der Waals surface area contributed by atoms with E-state index in [9.17, 15) is 14.4 Å². The Morgan fingerprint density at radius 1 is 1.17 bits per heavy atom. The molecule has 1 rings (SSSR count). The van der Waals surface area contributed by atoms with Gasteiger partial charge in [-0.3, -0.25) is 25.2 Å². The molecule has 1 aromatic rings. The summed E-state index contributed by atoms with van der Waals surface area (Å²) in [6, 6.07) is 6.10. The molecule has 6 nitrogen and oxygen atoms in total. The molecule has 1 aromatic carbocycles. The number of ether oxygens (including phenoxy) is 1. The second-order valence-corrected chi connectivity index (χ2v) is 3.70. The molecule has 0 aliphatic rings. The number of carbonyl (C=O) groups is 3. The lowest BCUT2D eigenvalue weighted by Gasteiger charge is -2.06. The number of nitrogens with one attached hydrogen (secondary N) is 2. The Morgan fingerprint density at radius 3 is 2.33 bits per heavy atom. The average Bonchev–Trinajstić information content (AvgIpc) is 2.36. The fourth-order valence-corrected chi connectivity index (χ4v) is 1.17. The zero-order valence-corrected chi connectivity index (χ0v) is 10.3. The van der Waals surface area contributed by atoms with Crippen molar-refractivity contribution in [2.24, 2.45) is 0 Å². The predicted octanol–water partition coefficient (Wildman–Crippen LogP) is 0.664. The first-order valence-electron chi connectivity index (χ1n) is 4.94. The minimum absolute atomic E-state index is 0.331. The Labute approximate surface area is 108 Å². The number of hydrogen-bond acceptors (Lipinski definition) is 4. The highest BCUT2D eigenvalue weighted by atomic mass is 35.5. The number of carbonyl (C=O) groups excluding carboxylic acids is 3. The number of amides is 2. The van der Waals surface area contributed by atoms with Gasteiger partial charge in [-0.2, -0.15) is 0 Å². The molecule has 0 unspecified atom stereocenters. The first kappa shape index (κ1) is 14.0. The average molecular weight is 271 g/mol. The monoisotopic (exact) mass is 270 g/mol. The van der Waals surface area contributed by atoms with E-state index in [2.05, 4.69) is 15.6 Å². The Hall–Kier alpha value is -2.08. The third kappa shape index (κ3) is 4.42. The summed E-state index contributed by atoms with van der Waals surface area (Å²) in [6.07, 6.45) is -0.461. The van der Waals surface area contributed by atoms with Crippen LogP contribution in [-0.4, -0.2) is 24.9 Å². The molecular formula is C11H11ClN2O4. The van der Waals surface area contributed by atoms with E-state index in [4.69, 9.17) is 11.6 Å². The first-order chi connectivity index (χ1) is 8.52. The van der Waals surface area contributed by atoms with Crippen LogP contribution in [0.3, 0.4) is 0 Å². The third-order valence-corrected chi connectivity index (χ3v) is 2.21. The van der Waals surface area contributed by atoms with Gasteiger partial charge in [-0.25, -0.2) is 0 Å². The van der Waals surface area contributed by atoms with Gasteiger partial charge in [0.15, 0.2) is 0 Å². The Balaban J connectivity index is 2.44. The number of methoxy groups -OCH3 is 1. The van der Waals surface area contributed by atoms with Crippen LogP contribution >= 0.6 is 11.6 Å². The van der Waals surface area contributed by atoms with Crippen molar-refractivity contribution in [2.45, 2.75) is 6.42 Å². The summed E-state index contributed by atoms with van der Waals surface area (Å²) in [7, 11) is 1.17. The number of hydrogen-bond donors (Lipinski definition) is 2. The SMILES string of the molecule is COC(=O)CC(=O)NNC(=O)c1ccc(Cl)cc1. The van der Waals surface area contributed by atoms with Crippen LogP contribution in [0.1, 0.15) is 16.8 Å². The van der Waals surface area contributed by atoms with Crippen LogP contribution in [0.15, 0.2) is 24.3 Å². The second-order valence-electron chi connectivity index (χ2n) is 3.26. The highest BCUT2D eigenvalue weighted by Gasteiger charge is 2.11. The van der Waals surface area contributed by atoms with Crippen molar-refractivity contribution in [1.82, 2.24) is 10.9 Å². The van der Waals surface area contributed by atoms with E-state index in [0.717, 1.165) is 0 Å². The molecule has 0 heterocycles. The van der Waals surface area contributed by atoms with Crippen molar-refractivity contribution in [1.29, 1.82) is 0 Å². The van der Waals surface area contributed by atoms with Crippen molar-refractivity contribution >= 4 is 29.4 Å². The molecule has 0 aromatic heterocycles. The molecule has 0 radical (unpaired) electrons. The highest BCUT2D eigenvalue weighted by molar-refractivity contribution is 6.30. The fourth-order valence-electron chi connectivity index (χ4n) is 1.05. The van der Waals surface area contributed by atoms with Gasteiger partial charge in [-0.05, 0) is 24.3 Å². The van der Waals surface area contributed by atoms with Crippen LogP contribution in [0.2, 0.25) is 5.02 Å². The van der Waals surface area contributed by atoms with Crippen molar-refractivity contribution in [3.05, 3.63) is 34.9 Å². The van der Waals surface area contributed by atoms with Crippen molar-refractivity contribution in [3.63, 3.8) is 0 Å². The van der Waals surface area contributed by atoms with Gasteiger partial charge in [0.2, 0.25) is 5.91 Å². The van der Waals surface area contributed by atoms with E-state index in [1.54, 1.807) is 12.1 Å². The first-order valence-corrected chi connectivity index (χ1v) is 5.32. The molecule has 18 heavy (non-hydrogen) atoms. The largest absolute Gasteiger partial charge is 0.469 e. The molecule has 0 fully saturated rings. The molecule has 0 saturated heterocycles. The van der Waals surface area contributed by atoms with Crippen LogP contribution in [0.4, 0.5) is 0 Å². The summed E-state index contributed by atoms with van der Waals surface area (Å²) in [4.78, 5) is 33.4. The number of rotatable bonds is 3. The molecule has 0 aliphatic carbocycles. The van der Waals surface area contributed by atoms with Gasteiger partial charge in [-0.1, -0.05) is 11.6 Å². The van der Waals surface area contributed by atoms with Crippen LogP contribution in [0, 0.1) is 0 Å². The molecule has 2 amide bonds. The summed E-state index contributed by atoms with van der Waals surface area (Å²) < 4.78 is 4.30. The van der Waals surface area contributed by atoms with Gasteiger partial charge < -0.3 is 4.74 Å². The second kappa shape index (κ2) is 6.61. The Kier molecular flexibility index (Phi) is 5.13. The zero-order valence-electron chi connectivity index (χ0n) is 9.53. The topological polar surface area (TPSA) is 84.5 Å². The maximum Gasteiger partial charge on any atom is 0.315 e. The lowest BCUT2D eigenvalue weighted by atomic mass is 10.2. The highest BCUT2D eigenvalue weighted by Crippen LogP contribution is 2.08. The molecule has 0 bridgehead atoms. The normalized spacial score (nSPS) is 9.44. The number of esters is 1. The van der Waals surface area contributed by atoms with E-state index in [1.165, 1.54) is 19.2 Å². The summed E-state index contributed by atoms with van der Waals surface area (Å²) >= 11 is 5.66. The lowest BCUT2D eigenvalue weighted by Crippen LogP contribution is -2.42. The Bertz CT molecular complexity index is 459. The number of halogens is 1. The summed E-state index contributed by atoms with van der Waals surface area (Å²) in [5.41, 5.74) is 4.58. The van der Waals surface area contributed by atoms with E-state index >= 15 is 0 Å². The smallest absolute Gasteiger partial charge is 0.315 e. The third-order valence-electron chi connectivity index (χ3n) is 1.95. The molecule has 0 spiro atoms. The van der Waals surface area contributed by atoms with Crippen LogP contribution < -0.4 is 10.9 Å². The molecule has 96 valence electrons. The predicted molar refractivity (Wildman–Crippen MR) is 63.7 cm³/mol. The molecule has 7 heteroatoms. The van der Waals surface area contributed by atoms with Crippen molar-refractivity contribution < 1.29 is 19.1 Å². The molecule has 0 saturated carbocycles. The van der Waals surface area contributed by atoms with Gasteiger partial charge in [0.05, 0.1) is 7.11 Å². The minimum Gasteiger partial charge on any atom is -0.469 e. The lowest BCUT2D eigenvalue weighted by molar-refractivity contribution is -0.144. The van der Waals surface area contributed by atoms with Crippen LogP contribution in [-0.2, 0) is 14.3 Å². The zero-order chi connectivity index (χ0) is 13.5. The van der Waals surface area contributed by atoms with E-state index in [-0.39, 0.29) is 0 Å². The van der Waals surface area contributed by atoms with Gasteiger partial charge in [0.1, 0.15) is 6.42 Å². The fraction of sp³-hybridized carbons (Fsp3) is 0.182. The van der Waals surface area contributed by atoms with Gasteiger partial charge >= 0.3 is 5.97 Å². The maximum absolute atomic E-state index is 11.5. The minimum atomic E-state index is -0.687. The summed E-state index contributed by atoms with van der Waals surface area (Å²) in [5, 5.41) is 0.501. The standard InChI is InChI=1S/C11H11ClN2O4/c1-18-10(16)6-9(15)13-14-11(17)7-2-4-8(12)5-3-7/h2-5H,6H2,1H3,(H,13,15)(H,14,17). The van der Waals surface area contributed by atoms with Crippen molar-refractivity contribution in [3.8, 4) is 0 Å². The van der Waals surface area contributed by atoms with Crippen LogP contribution in [0.5, 0.6) is 0 Å². The van der Waals surface area contributed by atoms with Gasteiger partial charge in [-0.15, -0.1) is 0 Å². The Morgan fingerprint density at radius 2 is 1.78 bits per heavy atom. The quantitative estimate of drug-likeness (QED) is 0.480. The molecule has 0 atom stereocenters. The summed E-state index contributed by atoms with van der Waals surface area (Å²) in [5.74, 6) is -1.86. The van der Waals surface area contributed by atoms with Crippen LogP contribution in [0.25, 0.3) is 0 Å². The van der Waals surface area contributed by atoms with E-state index in [0.29, 0.717) is 10.6 Å².